The Bertz CT molecular complexity index is 567. The van der Waals surface area contributed by atoms with E-state index in [0.29, 0.717) is 5.88 Å². The SMILES string of the molecule is FC(F)(F)Sc1ccc(COc2cn[nH]n2)cc1.O=C=O. The van der Waals surface area contributed by atoms with Gasteiger partial charge in [0.15, 0.2) is 0 Å². The fourth-order valence-corrected chi connectivity index (χ4v) is 1.74. The van der Waals surface area contributed by atoms with Crippen LogP contribution in [0.3, 0.4) is 0 Å². The van der Waals surface area contributed by atoms with Gasteiger partial charge in [0.05, 0.1) is 0 Å². The van der Waals surface area contributed by atoms with Crippen molar-refractivity contribution in [3.63, 3.8) is 0 Å². The summed E-state index contributed by atoms with van der Waals surface area (Å²) in [4.78, 5) is 16.4. The van der Waals surface area contributed by atoms with Crippen LogP contribution in [0.1, 0.15) is 5.56 Å². The molecule has 0 amide bonds. The number of benzene rings is 1. The number of nitrogens with one attached hydrogen (secondary N) is 1. The van der Waals surface area contributed by atoms with Gasteiger partial charge in [-0.05, 0) is 29.5 Å². The summed E-state index contributed by atoms with van der Waals surface area (Å²) in [7, 11) is 0. The first kappa shape index (κ1) is 16.7. The molecule has 10 heteroatoms. The molecule has 1 aromatic heterocycles. The molecule has 0 radical (unpaired) electrons. The van der Waals surface area contributed by atoms with Crippen molar-refractivity contribution >= 4 is 17.9 Å². The predicted octanol–water partition coefficient (Wildman–Crippen LogP) is 2.41. The molecule has 0 unspecified atom stereocenters. The Morgan fingerprint density at radius 2 is 1.86 bits per heavy atom. The van der Waals surface area contributed by atoms with E-state index in [1.165, 1.54) is 18.3 Å². The van der Waals surface area contributed by atoms with Gasteiger partial charge in [-0.2, -0.15) is 33.1 Å². The number of H-pyrrole nitrogens is 1. The molecule has 0 bridgehead atoms. The van der Waals surface area contributed by atoms with Gasteiger partial charge in [0.2, 0.25) is 0 Å². The molecule has 0 saturated carbocycles. The molecule has 0 aliphatic heterocycles. The molecule has 2 aromatic rings. The number of nitrogens with zero attached hydrogens (tertiary/aromatic N) is 2. The molecule has 1 aromatic carbocycles. The zero-order chi connectivity index (χ0) is 15.7. The molecule has 21 heavy (non-hydrogen) atoms. The van der Waals surface area contributed by atoms with Crippen molar-refractivity contribution in [3.8, 4) is 5.88 Å². The van der Waals surface area contributed by atoms with Crippen molar-refractivity contribution in [3.05, 3.63) is 36.0 Å². The summed E-state index contributed by atoms with van der Waals surface area (Å²) in [5, 5.41) is 9.63. The standard InChI is InChI=1S/C10H8F3N3OS.CO2/c11-10(12,13)18-8-3-1-7(2-4-8)6-17-9-5-14-16-15-9;2-1-3/h1-5H,6H2,(H,14,15,16);. The minimum Gasteiger partial charge on any atom is -0.471 e. The van der Waals surface area contributed by atoms with Gasteiger partial charge in [-0.3, -0.25) is 0 Å². The highest BCUT2D eigenvalue weighted by Gasteiger charge is 2.28. The van der Waals surface area contributed by atoms with E-state index in [1.54, 1.807) is 12.1 Å². The Kier molecular flexibility index (Phi) is 6.44. The summed E-state index contributed by atoms with van der Waals surface area (Å²) >= 11 is -0.143. The monoisotopic (exact) mass is 319 g/mol. The normalized spacial score (nSPS) is 10.2. The van der Waals surface area contributed by atoms with E-state index >= 15 is 0 Å². The summed E-state index contributed by atoms with van der Waals surface area (Å²) in [6.07, 6.45) is 1.66. The summed E-state index contributed by atoms with van der Waals surface area (Å²) in [6, 6.07) is 5.96. The quantitative estimate of drug-likeness (QED) is 0.871. The summed E-state index contributed by atoms with van der Waals surface area (Å²) < 4.78 is 41.5. The van der Waals surface area contributed by atoms with Crippen molar-refractivity contribution in [2.24, 2.45) is 0 Å². The van der Waals surface area contributed by atoms with Crippen LogP contribution in [-0.2, 0) is 16.2 Å². The molecule has 0 aliphatic carbocycles. The molecular formula is C11H8F3N3O3S. The first-order valence-corrected chi connectivity index (χ1v) is 6.09. The van der Waals surface area contributed by atoms with Crippen LogP contribution in [-0.4, -0.2) is 27.1 Å². The fraction of sp³-hybridized carbons (Fsp3) is 0.182. The zero-order valence-electron chi connectivity index (χ0n) is 10.3. The van der Waals surface area contributed by atoms with Crippen molar-refractivity contribution in [1.29, 1.82) is 0 Å². The summed E-state index contributed by atoms with van der Waals surface area (Å²) in [5.74, 6) is 0.337. The third kappa shape index (κ3) is 7.14. The number of halogens is 3. The van der Waals surface area contributed by atoms with Crippen LogP contribution in [0.5, 0.6) is 5.88 Å². The third-order valence-corrected chi connectivity index (χ3v) is 2.68. The minimum absolute atomic E-state index is 0.143. The minimum atomic E-state index is -4.27. The third-order valence-electron chi connectivity index (χ3n) is 1.94. The molecule has 6 nitrogen and oxygen atoms in total. The van der Waals surface area contributed by atoms with Gasteiger partial charge in [-0.25, -0.2) is 0 Å². The number of rotatable bonds is 4. The highest BCUT2D eigenvalue weighted by atomic mass is 32.2. The maximum atomic E-state index is 12.1. The number of hydrogen-bond donors (Lipinski definition) is 1. The Morgan fingerprint density at radius 3 is 2.33 bits per heavy atom. The van der Waals surface area contributed by atoms with Gasteiger partial charge in [-0.15, -0.1) is 5.10 Å². The van der Waals surface area contributed by atoms with E-state index in [1.807, 2.05) is 0 Å². The van der Waals surface area contributed by atoms with Crippen LogP contribution in [0, 0.1) is 0 Å². The van der Waals surface area contributed by atoms with E-state index in [0.717, 1.165) is 5.56 Å². The van der Waals surface area contributed by atoms with Gasteiger partial charge in [0.25, 0.3) is 5.88 Å². The highest BCUT2D eigenvalue weighted by molar-refractivity contribution is 8.00. The second-order valence-corrected chi connectivity index (χ2v) is 4.51. The Balaban J connectivity index is 0.000000677. The number of aromatic amines is 1. The number of thioether (sulfide) groups is 1. The van der Waals surface area contributed by atoms with Gasteiger partial charge < -0.3 is 4.74 Å². The second-order valence-electron chi connectivity index (χ2n) is 3.37. The molecule has 0 saturated heterocycles. The highest BCUT2D eigenvalue weighted by Crippen LogP contribution is 2.36. The van der Waals surface area contributed by atoms with Gasteiger partial charge >= 0.3 is 11.7 Å². The van der Waals surface area contributed by atoms with Crippen LogP contribution in [0.25, 0.3) is 0 Å². The van der Waals surface area contributed by atoms with E-state index in [9.17, 15) is 13.2 Å². The maximum absolute atomic E-state index is 12.1. The lowest BCUT2D eigenvalue weighted by Crippen LogP contribution is -1.99. The number of hydrogen-bond acceptors (Lipinski definition) is 6. The van der Waals surface area contributed by atoms with E-state index in [2.05, 4.69) is 15.4 Å². The lowest BCUT2D eigenvalue weighted by Gasteiger charge is -2.06. The van der Waals surface area contributed by atoms with Gasteiger partial charge in [0.1, 0.15) is 12.8 Å². The van der Waals surface area contributed by atoms with E-state index in [4.69, 9.17) is 14.3 Å². The number of aromatic nitrogens is 3. The molecule has 1 heterocycles. The first-order chi connectivity index (χ1) is 9.94. The van der Waals surface area contributed by atoms with Crippen molar-refractivity contribution in [2.75, 3.05) is 0 Å². The van der Waals surface area contributed by atoms with Crippen LogP contribution in [0.4, 0.5) is 13.2 Å². The van der Waals surface area contributed by atoms with E-state index in [-0.39, 0.29) is 29.4 Å². The summed E-state index contributed by atoms with van der Waals surface area (Å²) in [5.41, 5.74) is -3.51. The molecule has 112 valence electrons. The van der Waals surface area contributed by atoms with Crippen molar-refractivity contribution in [1.82, 2.24) is 15.4 Å². The second kappa shape index (κ2) is 8.08. The maximum Gasteiger partial charge on any atom is 0.446 e. The smallest absolute Gasteiger partial charge is 0.446 e. The molecule has 0 aliphatic rings. The van der Waals surface area contributed by atoms with E-state index < -0.39 is 5.51 Å². The lowest BCUT2D eigenvalue weighted by molar-refractivity contribution is -0.191. The first-order valence-electron chi connectivity index (χ1n) is 5.27. The molecular weight excluding hydrogens is 311 g/mol. The van der Waals surface area contributed by atoms with Crippen molar-refractivity contribution < 1.29 is 27.5 Å². The molecule has 0 spiro atoms. The van der Waals surface area contributed by atoms with Gasteiger partial charge in [0, 0.05) is 4.90 Å². The molecule has 2 rings (SSSR count). The average molecular weight is 319 g/mol. The zero-order valence-corrected chi connectivity index (χ0v) is 11.1. The van der Waals surface area contributed by atoms with Gasteiger partial charge in [-0.1, -0.05) is 12.1 Å². The topological polar surface area (TPSA) is 84.9 Å². The lowest BCUT2D eigenvalue weighted by atomic mass is 10.2. The Labute approximate surface area is 120 Å². The number of ether oxygens (including phenoxy) is 1. The number of carbonyl (C=O) groups excluding carboxylic acids is 2. The van der Waals surface area contributed by atoms with Crippen LogP contribution in [0.2, 0.25) is 0 Å². The summed E-state index contributed by atoms with van der Waals surface area (Å²) in [6.45, 7) is 0.226. The Hall–Kier alpha value is -2.32. The van der Waals surface area contributed by atoms with Crippen LogP contribution >= 0.6 is 11.8 Å². The van der Waals surface area contributed by atoms with Crippen LogP contribution < -0.4 is 4.74 Å². The molecule has 1 N–H and O–H groups in total. The largest absolute Gasteiger partial charge is 0.471 e. The predicted molar refractivity (Wildman–Crippen MR) is 64.1 cm³/mol. The Morgan fingerprint density at radius 1 is 1.24 bits per heavy atom. The average Bonchev–Trinajstić information content (AvgIpc) is 2.90. The van der Waals surface area contributed by atoms with Crippen LogP contribution in [0.15, 0.2) is 35.4 Å². The molecule has 0 fully saturated rings. The number of alkyl halides is 3. The fourth-order valence-electron chi connectivity index (χ4n) is 1.21. The van der Waals surface area contributed by atoms with Crippen molar-refractivity contribution in [2.45, 2.75) is 17.0 Å². The molecule has 0 atom stereocenters.